The molecule has 230 valence electrons. The highest BCUT2D eigenvalue weighted by Crippen LogP contribution is 2.45. The molecule has 5 aromatic rings. The first-order valence-electron chi connectivity index (χ1n) is 16.7. The molecule has 0 N–H and O–H groups in total. The molecule has 0 spiro atoms. The van der Waals surface area contributed by atoms with Gasteiger partial charge in [0.15, 0.2) is 0 Å². The zero-order valence-electron chi connectivity index (χ0n) is 26.1. The molecule has 0 saturated carbocycles. The number of likely N-dealkylation sites (tertiary alicyclic amines) is 1. The molecule has 3 aliphatic heterocycles. The average molecular weight is 599 g/mol. The molecule has 2 bridgehead atoms. The van der Waals surface area contributed by atoms with Gasteiger partial charge in [0.05, 0.1) is 17.4 Å². The van der Waals surface area contributed by atoms with Crippen LogP contribution in [0.15, 0.2) is 97.6 Å². The Labute approximate surface area is 265 Å². The van der Waals surface area contributed by atoms with E-state index in [1.807, 2.05) is 35.0 Å². The normalized spacial score (nSPS) is 23.0. The molecule has 0 aliphatic carbocycles. The molecule has 3 atom stereocenters. The van der Waals surface area contributed by atoms with Gasteiger partial charge < -0.3 is 14.0 Å². The SMILES string of the molecule is Cc1nc2ccccc2n1C1C[C@H]2CC[C@@H](C1)N2CCC1(c2ccccc2)CCN(C(=O)c2ccc(-n3ccnc3)cc2)CC1. The van der Waals surface area contributed by atoms with Gasteiger partial charge in [0.25, 0.3) is 5.91 Å². The Balaban J connectivity index is 0.957. The number of hydrogen-bond donors (Lipinski definition) is 0. The van der Waals surface area contributed by atoms with Gasteiger partial charge in [-0.25, -0.2) is 9.97 Å². The Bertz CT molecular complexity index is 1750. The van der Waals surface area contributed by atoms with Crippen molar-refractivity contribution in [3.63, 3.8) is 0 Å². The van der Waals surface area contributed by atoms with Crippen LogP contribution in [0.25, 0.3) is 16.7 Å². The van der Waals surface area contributed by atoms with Crippen molar-refractivity contribution in [2.75, 3.05) is 19.6 Å². The highest BCUT2D eigenvalue weighted by molar-refractivity contribution is 5.94. The molecule has 3 saturated heterocycles. The summed E-state index contributed by atoms with van der Waals surface area (Å²) in [6.45, 7) is 4.88. The maximum absolute atomic E-state index is 13.6. The Kier molecular flexibility index (Phi) is 7.29. The average Bonchev–Trinajstić information content (AvgIpc) is 3.80. The lowest BCUT2D eigenvalue weighted by atomic mass is 9.70. The molecule has 1 amide bonds. The molecule has 0 radical (unpaired) electrons. The molecule has 3 aliphatic rings. The molecule has 3 fully saturated rings. The van der Waals surface area contributed by atoms with Crippen LogP contribution < -0.4 is 0 Å². The number of carbonyl (C=O) groups is 1. The second-order valence-electron chi connectivity index (χ2n) is 13.5. The molecule has 5 heterocycles. The number of carbonyl (C=O) groups excluding carboxylic acids is 1. The van der Waals surface area contributed by atoms with Crippen molar-refractivity contribution >= 4 is 16.9 Å². The predicted molar refractivity (Wildman–Crippen MR) is 178 cm³/mol. The maximum atomic E-state index is 13.6. The molecule has 45 heavy (non-hydrogen) atoms. The Morgan fingerprint density at radius 1 is 0.867 bits per heavy atom. The Morgan fingerprint density at radius 3 is 2.29 bits per heavy atom. The number of piperidine rings is 2. The number of aryl methyl sites for hydroxylation is 1. The molecule has 3 aromatic carbocycles. The fourth-order valence-electron chi connectivity index (χ4n) is 8.77. The van der Waals surface area contributed by atoms with Crippen molar-refractivity contribution in [1.29, 1.82) is 0 Å². The van der Waals surface area contributed by atoms with Crippen molar-refractivity contribution in [2.24, 2.45) is 0 Å². The van der Waals surface area contributed by atoms with Gasteiger partial charge in [-0.2, -0.15) is 0 Å². The van der Waals surface area contributed by atoms with Gasteiger partial charge in [-0.05, 0) is 106 Å². The van der Waals surface area contributed by atoms with Crippen molar-refractivity contribution in [3.05, 3.63) is 115 Å². The summed E-state index contributed by atoms with van der Waals surface area (Å²) in [6.07, 6.45) is 13.6. The smallest absolute Gasteiger partial charge is 0.253 e. The van der Waals surface area contributed by atoms with Crippen LogP contribution in [0.2, 0.25) is 0 Å². The highest BCUT2D eigenvalue weighted by atomic mass is 16.2. The lowest BCUT2D eigenvalue weighted by Gasteiger charge is -2.45. The molecule has 1 unspecified atom stereocenters. The first-order valence-corrected chi connectivity index (χ1v) is 16.7. The zero-order chi connectivity index (χ0) is 30.4. The highest BCUT2D eigenvalue weighted by Gasteiger charge is 2.44. The first-order chi connectivity index (χ1) is 22.1. The third-order valence-corrected chi connectivity index (χ3v) is 11.2. The topological polar surface area (TPSA) is 59.2 Å². The minimum absolute atomic E-state index is 0.0940. The Morgan fingerprint density at radius 2 is 1.58 bits per heavy atom. The molecule has 7 nitrogen and oxygen atoms in total. The molecule has 8 rings (SSSR count). The van der Waals surface area contributed by atoms with Crippen LogP contribution in [-0.2, 0) is 5.41 Å². The van der Waals surface area contributed by atoms with E-state index in [-0.39, 0.29) is 11.3 Å². The summed E-state index contributed by atoms with van der Waals surface area (Å²) in [5.41, 5.74) is 5.70. The van der Waals surface area contributed by atoms with Crippen molar-refractivity contribution < 1.29 is 4.79 Å². The monoisotopic (exact) mass is 598 g/mol. The lowest BCUT2D eigenvalue weighted by molar-refractivity contribution is 0.0607. The van der Waals surface area contributed by atoms with E-state index in [0.29, 0.717) is 18.1 Å². The quantitative estimate of drug-likeness (QED) is 0.203. The van der Waals surface area contributed by atoms with Gasteiger partial charge in [-0.15, -0.1) is 0 Å². The fourth-order valence-corrected chi connectivity index (χ4v) is 8.77. The van der Waals surface area contributed by atoms with E-state index >= 15 is 0 Å². The van der Waals surface area contributed by atoms with Crippen LogP contribution in [0, 0.1) is 6.92 Å². The maximum Gasteiger partial charge on any atom is 0.253 e. The number of hydrogen-bond acceptors (Lipinski definition) is 4. The number of rotatable bonds is 7. The fraction of sp³-hybridized carbons (Fsp3) is 0.395. The van der Waals surface area contributed by atoms with E-state index in [0.717, 1.165) is 61.5 Å². The standard InChI is InChI=1S/C38H42N6O/c1-28-40-35-9-5-6-10-36(35)44(28)34-25-32-15-16-33(26-34)43(32)23-19-38(30-7-3-2-4-8-30)17-21-41(22-18-38)37(45)29-11-13-31(14-12-29)42-24-20-39-27-42/h2-14,20,24,27,32-34H,15-19,21-23,25-26H2,1H3/t32-,33+,34?. The van der Waals surface area contributed by atoms with E-state index < -0.39 is 0 Å². The van der Waals surface area contributed by atoms with Crippen LogP contribution in [-0.4, -0.2) is 66.5 Å². The van der Waals surface area contributed by atoms with Crippen LogP contribution in [0.1, 0.15) is 72.7 Å². The van der Waals surface area contributed by atoms with Crippen LogP contribution >= 0.6 is 0 Å². The number of amides is 1. The van der Waals surface area contributed by atoms with Gasteiger partial charge in [0, 0.05) is 54.9 Å². The van der Waals surface area contributed by atoms with Gasteiger partial charge in [-0.3, -0.25) is 9.69 Å². The molecular weight excluding hydrogens is 556 g/mol. The Hall–Kier alpha value is -4.23. The predicted octanol–water partition coefficient (Wildman–Crippen LogP) is 6.96. The second-order valence-corrected chi connectivity index (χ2v) is 13.5. The van der Waals surface area contributed by atoms with Crippen molar-refractivity contribution in [2.45, 2.75) is 75.4 Å². The zero-order valence-corrected chi connectivity index (χ0v) is 26.1. The number of aromatic nitrogens is 4. The van der Waals surface area contributed by atoms with Crippen LogP contribution in [0.5, 0.6) is 0 Å². The van der Waals surface area contributed by atoms with E-state index in [2.05, 4.69) is 80.9 Å². The van der Waals surface area contributed by atoms with Gasteiger partial charge in [0.2, 0.25) is 0 Å². The summed E-state index contributed by atoms with van der Waals surface area (Å²) in [7, 11) is 0. The van der Waals surface area contributed by atoms with E-state index in [4.69, 9.17) is 4.98 Å². The third-order valence-electron chi connectivity index (χ3n) is 11.2. The van der Waals surface area contributed by atoms with E-state index in [1.54, 1.807) is 12.5 Å². The largest absolute Gasteiger partial charge is 0.339 e. The minimum Gasteiger partial charge on any atom is -0.339 e. The van der Waals surface area contributed by atoms with Crippen LogP contribution in [0.3, 0.4) is 0 Å². The summed E-state index contributed by atoms with van der Waals surface area (Å²) < 4.78 is 4.49. The summed E-state index contributed by atoms with van der Waals surface area (Å²) in [5, 5.41) is 0. The number of fused-ring (bicyclic) bond motifs is 3. The first kappa shape index (κ1) is 28.3. The summed E-state index contributed by atoms with van der Waals surface area (Å²) >= 11 is 0. The number of imidazole rings is 2. The number of nitrogens with zero attached hydrogens (tertiary/aromatic N) is 6. The molecular formula is C38H42N6O. The summed E-state index contributed by atoms with van der Waals surface area (Å²) in [4.78, 5) is 27.5. The van der Waals surface area contributed by atoms with Crippen LogP contribution in [0.4, 0.5) is 0 Å². The van der Waals surface area contributed by atoms with Crippen molar-refractivity contribution in [3.8, 4) is 5.69 Å². The third kappa shape index (κ3) is 5.17. The van der Waals surface area contributed by atoms with Gasteiger partial charge in [-0.1, -0.05) is 42.5 Å². The summed E-state index contributed by atoms with van der Waals surface area (Å²) in [6, 6.07) is 29.4. The van der Waals surface area contributed by atoms with E-state index in [1.165, 1.54) is 36.8 Å². The molecule has 7 heteroatoms. The number of para-hydroxylation sites is 2. The molecule has 2 aromatic heterocycles. The lowest BCUT2D eigenvalue weighted by Crippen LogP contribution is -2.49. The summed E-state index contributed by atoms with van der Waals surface area (Å²) in [5.74, 6) is 1.28. The number of benzene rings is 3. The van der Waals surface area contributed by atoms with E-state index in [9.17, 15) is 4.79 Å². The second kappa shape index (κ2) is 11.6. The minimum atomic E-state index is 0.0940. The van der Waals surface area contributed by atoms with Gasteiger partial charge in [0.1, 0.15) is 5.82 Å². The van der Waals surface area contributed by atoms with Crippen molar-refractivity contribution in [1.82, 2.24) is 28.9 Å². The van der Waals surface area contributed by atoms with Gasteiger partial charge >= 0.3 is 0 Å².